The van der Waals surface area contributed by atoms with Crippen LogP contribution in [0.4, 0.5) is 0 Å². The zero-order chi connectivity index (χ0) is 8.04. The Morgan fingerprint density at radius 2 is 1.64 bits per heavy atom. The summed E-state index contributed by atoms with van der Waals surface area (Å²) < 4.78 is 0. The van der Waals surface area contributed by atoms with E-state index in [2.05, 4.69) is 5.32 Å². The Hall–Kier alpha value is 0.210. The average Bonchev–Trinajstić information content (AvgIpc) is 2.00. The van der Waals surface area contributed by atoms with E-state index in [1.807, 2.05) is 20.8 Å². The summed E-state index contributed by atoms with van der Waals surface area (Å²) in [7, 11) is 0. The Labute approximate surface area is 75.8 Å². The highest BCUT2D eigenvalue weighted by atomic mass is 35.5. The summed E-state index contributed by atoms with van der Waals surface area (Å²) in [5, 5.41) is 12.8. The zero-order valence-electron chi connectivity index (χ0n) is 7.68. The maximum absolute atomic E-state index is 9.70. The third kappa shape index (κ3) is 5.48. The molecule has 70 valence electrons. The van der Waals surface area contributed by atoms with Crippen LogP contribution in [-0.4, -0.2) is 23.8 Å². The van der Waals surface area contributed by atoms with Gasteiger partial charge in [-0.2, -0.15) is 0 Å². The minimum absolute atomic E-state index is 0. The first kappa shape index (κ1) is 13.8. The monoisotopic (exact) mass is 181 g/mol. The van der Waals surface area contributed by atoms with Crippen molar-refractivity contribution in [1.29, 1.82) is 0 Å². The molecule has 0 rings (SSSR count). The molecule has 0 amide bonds. The van der Waals surface area contributed by atoms with Crippen LogP contribution in [0.5, 0.6) is 0 Å². The van der Waals surface area contributed by atoms with Gasteiger partial charge in [-0.15, -0.1) is 12.4 Å². The average molecular weight is 182 g/mol. The third-order valence-electron chi connectivity index (χ3n) is 2.02. The first-order valence-electron chi connectivity index (χ1n) is 4.11. The molecule has 0 atom stereocenters. The van der Waals surface area contributed by atoms with E-state index in [0.717, 1.165) is 25.9 Å². The minimum atomic E-state index is -0.476. The maximum Gasteiger partial charge on any atom is 0.0766 e. The molecule has 0 unspecified atom stereocenters. The summed E-state index contributed by atoms with van der Waals surface area (Å²) in [6.45, 7) is 7.73. The van der Waals surface area contributed by atoms with E-state index in [-0.39, 0.29) is 12.4 Å². The molecule has 0 bridgehead atoms. The van der Waals surface area contributed by atoms with Gasteiger partial charge >= 0.3 is 0 Å². The molecule has 0 aliphatic rings. The molecule has 0 aromatic carbocycles. The van der Waals surface area contributed by atoms with E-state index in [9.17, 15) is 5.11 Å². The normalized spacial score (nSPS) is 10.9. The highest BCUT2D eigenvalue weighted by Crippen LogP contribution is 2.12. The molecule has 0 fully saturated rings. The van der Waals surface area contributed by atoms with Gasteiger partial charge in [0, 0.05) is 6.54 Å². The van der Waals surface area contributed by atoms with Crippen LogP contribution in [0.25, 0.3) is 0 Å². The maximum atomic E-state index is 9.70. The highest BCUT2D eigenvalue weighted by Gasteiger charge is 2.20. The van der Waals surface area contributed by atoms with Crippen molar-refractivity contribution in [2.75, 3.05) is 13.1 Å². The number of aliphatic hydroxyl groups is 1. The number of hydrogen-bond acceptors (Lipinski definition) is 2. The summed E-state index contributed by atoms with van der Waals surface area (Å²) in [4.78, 5) is 0. The van der Waals surface area contributed by atoms with Crippen LogP contribution in [0, 0.1) is 0 Å². The third-order valence-corrected chi connectivity index (χ3v) is 2.02. The second kappa shape index (κ2) is 6.89. The predicted molar refractivity (Wildman–Crippen MR) is 51.3 cm³/mol. The van der Waals surface area contributed by atoms with Gasteiger partial charge in [-0.3, -0.25) is 0 Å². The zero-order valence-corrected chi connectivity index (χ0v) is 8.50. The van der Waals surface area contributed by atoms with Crippen LogP contribution in [0.1, 0.15) is 33.6 Å². The predicted octanol–water partition coefficient (Wildman–Crippen LogP) is 1.57. The van der Waals surface area contributed by atoms with Crippen LogP contribution in [-0.2, 0) is 0 Å². The van der Waals surface area contributed by atoms with Gasteiger partial charge in [-0.1, -0.05) is 20.8 Å². The molecule has 0 aliphatic heterocycles. The van der Waals surface area contributed by atoms with E-state index in [1.54, 1.807) is 0 Å². The van der Waals surface area contributed by atoms with Crippen molar-refractivity contribution in [2.45, 2.75) is 39.2 Å². The van der Waals surface area contributed by atoms with Crippen molar-refractivity contribution in [3.05, 3.63) is 0 Å². The van der Waals surface area contributed by atoms with Crippen LogP contribution < -0.4 is 5.32 Å². The van der Waals surface area contributed by atoms with Gasteiger partial charge in [0.2, 0.25) is 0 Å². The Morgan fingerprint density at radius 1 is 1.18 bits per heavy atom. The summed E-state index contributed by atoms with van der Waals surface area (Å²) in [6, 6.07) is 0. The molecule has 2 nitrogen and oxygen atoms in total. The largest absolute Gasteiger partial charge is 0.389 e. The van der Waals surface area contributed by atoms with Crippen molar-refractivity contribution in [1.82, 2.24) is 5.32 Å². The van der Waals surface area contributed by atoms with E-state index < -0.39 is 5.60 Å². The van der Waals surface area contributed by atoms with Crippen molar-refractivity contribution in [2.24, 2.45) is 0 Å². The van der Waals surface area contributed by atoms with Gasteiger partial charge in [-0.25, -0.2) is 0 Å². The van der Waals surface area contributed by atoms with Crippen LogP contribution >= 0.6 is 12.4 Å². The van der Waals surface area contributed by atoms with E-state index in [4.69, 9.17) is 0 Å². The Kier molecular flexibility index (Phi) is 8.63. The summed E-state index contributed by atoms with van der Waals surface area (Å²) in [5.41, 5.74) is -0.476. The lowest BCUT2D eigenvalue weighted by Crippen LogP contribution is -2.39. The van der Waals surface area contributed by atoms with Crippen molar-refractivity contribution >= 4 is 12.4 Å². The molecule has 11 heavy (non-hydrogen) atoms. The van der Waals surface area contributed by atoms with Crippen LogP contribution in [0.2, 0.25) is 0 Å². The molecule has 0 saturated heterocycles. The molecular formula is C8H20ClNO. The second-order valence-corrected chi connectivity index (χ2v) is 2.71. The summed E-state index contributed by atoms with van der Waals surface area (Å²) >= 11 is 0. The lowest BCUT2D eigenvalue weighted by molar-refractivity contribution is 0.0331. The number of hydrogen-bond donors (Lipinski definition) is 2. The fourth-order valence-corrected chi connectivity index (χ4v) is 0.858. The molecule has 0 heterocycles. The van der Waals surface area contributed by atoms with E-state index in [1.165, 1.54) is 0 Å². The highest BCUT2D eigenvalue weighted by molar-refractivity contribution is 5.85. The fraction of sp³-hybridized carbons (Fsp3) is 1.00. The number of nitrogens with one attached hydrogen (secondary N) is 1. The quantitative estimate of drug-likeness (QED) is 0.675. The van der Waals surface area contributed by atoms with Gasteiger partial charge in [0.15, 0.2) is 0 Å². The second-order valence-electron chi connectivity index (χ2n) is 2.71. The van der Waals surface area contributed by atoms with E-state index >= 15 is 0 Å². The Balaban J connectivity index is 0. The van der Waals surface area contributed by atoms with Gasteiger partial charge in [0.05, 0.1) is 5.60 Å². The summed E-state index contributed by atoms with van der Waals surface area (Å²) in [6.07, 6.45) is 1.66. The summed E-state index contributed by atoms with van der Waals surface area (Å²) in [5.74, 6) is 0. The molecule has 0 spiro atoms. The number of rotatable bonds is 5. The molecule has 3 heteroatoms. The fourth-order valence-electron chi connectivity index (χ4n) is 0.858. The van der Waals surface area contributed by atoms with Crippen LogP contribution in [0.3, 0.4) is 0 Å². The first-order chi connectivity index (χ1) is 4.68. The van der Waals surface area contributed by atoms with Gasteiger partial charge in [-0.05, 0) is 19.4 Å². The molecule has 0 radical (unpaired) electrons. The van der Waals surface area contributed by atoms with Crippen LogP contribution in [0.15, 0.2) is 0 Å². The van der Waals surface area contributed by atoms with E-state index in [0.29, 0.717) is 0 Å². The van der Waals surface area contributed by atoms with Gasteiger partial charge < -0.3 is 10.4 Å². The topological polar surface area (TPSA) is 32.3 Å². The number of halogens is 1. The Morgan fingerprint density at radius 3 is 1.91 bits per heavy atom. The first-order valence-corrected chi connectivity index (χ1v) is 4.11. The number of likely N-dealkylation sites (N-methyl/N-ethyl adjacent to an activating group) is 1. The molecular weight excluding hydrogens is 162 g/mol. The standard InChI is InChI=1S/C8H19NO.ClH/c1-4-8(10,5-2)7-9-6-3;/h9-10H,4-7H2,1-3H3;1H. The minimum Gasteiger partial charge on any atom is -0.389 e. The lowest BCUT2D eigenvalue weighted by Gasteiger charge is -2.24. The van der Waals surface area contributed by atoms with Crippen molar-refractivity contribution in [3.63, 3.8) is 0 Å². The smallest absolute Gasteiger partial charge is 0.0766 e. The molecule has 0 aliphatic carbocycles. The van der Waals surface area contributed by atoms with Gasteiger partial charge in [0.1, 0.15) is 0 Å². The molecule has 2 N–H and O–H groups in total. The molecule has 0 aromatic heterocycles. The molecule has 0 saturated carbocycles. The molecule has 0 aromatic rings. The SMILES string of the molecule is CCNCC(O)(CC)CC.Cl. The lowest BCUT2D eigenvalue weighted by atomic mass is 9.98. The van der Waals surface area contributed by atoms with Crippen molar-refractivity contribution < 1.29 is 5.11 Å². The van der Waals surface area contributed by atoms with Gasteiger partial charge in [0.25, 0.3) is 0 Å². The Bertz CT molecular complexity index is 84.2. The van der Waals surface area contributed by atoms with Crippen molar-refractivity contribution in [3.8, 4) is 0 Å².